The number of hydrogen-bond donors (Lipinski definition) is 2. The van der Waals surface area contributed by atoms with Crippen molar-refractivity contribution in [2.24, 2.45) is 0 Å². The van der Waals surface area contributed by atoms with Gasteiger partial charge in [-0.25, -0.2) is 9.97 Å². The first-order valence-electron chi connectivity index (χ1n) is 6.72. The number of nitrogens with zero attached hydrogens (tertiary/aromatic N) is 4. The number of nitrogens with one attached hydrogen (secondary N) is 2. The highest BCUT2D eigenvalue weighted by Crippen LogP contribution is 2.29. The average Bonchev–Trinajstić information content (AvgIpc) is 3.01. The lowest BCUT2D eigenvalue weighted by Gasteiger charge is -2.37. The van der Waals surface area contributed by atoms with E-state index in [9.17, 15) is 4.79 Å². The van der Waals surface area contributed by atoms with Crippen LogP contribution in [0.5, 0.6) is 0 Å². The topological polar surface area (TPSA) is 101 Å². The van der Waals surface area contributed by atoms with E-state index < -0.39 is 0 Å². The first-order chi connectivity index (χ1) is 10.3. The van der Waals surface area contributed by atoms with Gasteiger partial charge >= 0.3 is 0 Å². The van der Waals surface area contributed by atoms with E-state index >= 15 is 0 Å². The molecular formula is C14H12N6O. The molecule has 2 N–H and O–H groups in total. The van der Waals surface area contributed by atoms with E-state index in [0.29, 0.717) is 13.1 Å². The molecule has 0 radical (unpaired) electrons. The van der Waals surface area contributed by atoms with Gasteiger partial charge in [0.1, 0.15) is 23.4 Å². The van der Waals surface area contributed by atoms with Crippen molar-refractivity contribution < 1.29 is 4.79 Å². The summed E-state index contributed by atoms with van der Waals surface area (Å²) in [6.07, 6.45) is 3.56. The number of carbonyl (C=O) groups excluding carboxylic acids is 1. The van der Waals surface area contributed by atoms with Crippen LogP contribution in [-0.4, -0.2) is 43.8 Å². The van der Waals surface area contributed by atoms with E-state index in [1.165, 1.54) is 0 Å². The lowest BCUT2D eigenvalue weighted by Crippen LogP contribution is -2.48. The van der Waals surface area contributed by atoms with Crippen LogP contribution in [0.2, 0.25) is 0 Å². The number of fused-ring (bicyclic) bond motifs is 3. The molecular weight excluding hydrogens is 268 g/mol. The van der Waals surface area contributed by atoms with Crippen LogP contribution >= 0.6 is 0 Å². The van der Waals surface area contributed by atoms with Crippen LogP contribution in [0.25, 0.3) is 22.1 Å². The summed E-state index contributed by atoms with van der Waals surface area (Å²) in [7, 11) is 0. The van der Waals surface area contributed by atoms with Crippen molar-refractivity contribution in [1.82, 2.24) is 24.8 Å². The summed E-state index contributed by atoms with van der Waals surface area (Å²) in [5.74, 6) is 0.968. The minimum Gasteiger partial charge on any atom is -0.346 e. The number of nitriles is 1. The number of H-pyrrole nitrogens is 2. The molecule has 104 valence electrons. The van der Waals surface area contributed by atoms with Gasteiger partial charge in [-0.1, -0.05) is 0 Å². The number of rotatable bonds is 2. The molecule has 0 spiro atoms. The Labute approximate surface area is 119 Å². The van der Waals surface area contributed by atoms with Crippen LogP contribution in [0.1, 0.15) is 18.2 Å². The Bertz CT molecular complexity index is 880. The van der Waals surface area contributed by atoms with Crippen molar-refractivity contribution in [2.75, 3.05) is 13.1 Å². The van der Waals surface area contributed by atoms with Gasteiger partial charge in [0.05, 0.1) is 23.7 Å². The Kier molecular flexibility index (Phi) is 2.44. The summed E-state index contributed by atoms with van der Waals surface area (Å²) in [5.41, 5.74) is 2.62. The summed E-state index contributed by atoms with van der Waals surface area (Å²) < 4.78 is 0. The Morgan fingerprint density at radius 2 is 2.38 bits per heavy atom. The van der Waals surface area contributed by atoms with Crippen LogP contribution in [0.15, 0.2) is 18.5 Å². The lowest BCUT2D eigenvalue weighted by molar-refractivity contribution is -0.134. The SMILES string of the molecule is N#CCC(=O)N1CC(c2nc3c(cnc4[nH]ccc43)[nH]2)C1. The highest BCUT2D eigenvalue weighted by atomic mass is 16.2. The third-order valence-electron chi connectivity index (χ3n) is 3.90. The van der Waals surface area contributed by atoms with Gasteiger partial charge in [-0.15, -0.1) is 0 Å². The number of likely N-dealkylation sites (tertiary alicyclic amines) is 1. The van der Waals surface area contributed by atoms with Crippen LogP contribution < -0.4 is 0 Å². The molecule has 0 bridgehead atoms. The van der Waals surface area contributed by atoms with E-state index in [0.717, 1.165) is 27.9 Å². The van der Waals surface area contributed by atoms with Gasteiger partial charge < -0.3 is 14.9 Å². The number of pyridine rings is 1. The Hall–Kier alpha value is -2.88. The summed E-state index contributed by atoms with van der Waals surface area (Å²) in [6.45, 7) is 1.23. The maximum Gasteiger partial charge on any atom is 0.236 e. The fourth-order valence-corrected chi connectivity index (χ4v) is 2.72. The number of amides is 1. The van der Waals surface area contributed by atoms with Gasteiger partial charge in [0, 0.05) is 24.7 Å². The maximum atomic E-state index is 11.6. The number of carbonyl (C=O) groups is 1. The molecule has 7 nitrogen and oxygen atoms in total. The van der Waals surface area contributed by atoms with Crippen molar-refractivity contribution in [2.45, 2.75) is 12.3 Å². The Morgan fingerprint density at radius 3 is 3.19 bits per heavy atom. The third kappa shape index (κ3) is 1.76. The van der Waals surface area contributed by atoms with E-state index in [1.807, 2.05) is 18.3 Å². The number of aromatic amines is 2. The van der Waals surface area contributed by atoms with Crippen molar-refractivity contribution in [3.8, 4) is 6.07 Å². The predicted molar refractivity (Wildman–Crippen MR) is 75.3 cm³/mol. The molecule has 0 unspecified atom stereocenters. The third-order valence-corrected chi connectivity index (χ3v) is 3.90. The minimum atomic E-state index is -0.112. The summed E-state index contributed by atoms with van der Waals surface area (Å²) in [4.78, 5) is 28.6. The molecule has 0 aromatic carbocycles. The summed E-state index contributed by atoms with van der Waals surface area (Å²) in [6, 6.07) is 3.84. The summed E-state index contributed by atoms with van der Waals surface area (Å²) >= 11 is 0. The molecule has 21 heavy (non-hydrogen) atoms. The molecule has 1 fully saturated rings. The van der Waals surface area contributed by atoms with Crippen molar-refractivity contribution in [3.05, 3.63) is 24.3 Å². The molecule has 3 aromatic heterocycles. The normalized spacial score (nSPS) is 15.3. The van der Waals surface area contributed by atoms with Crippen LogP contribution in [0, 0.1) is 11.3 Å². The van der Waals surface area contributed by atoms with E-state index in [1.54, 1.807) is 11.1 Å². The smallest absolute Gasteiger partial charge is 0.236 e. The second kappa shape index (κ2) is 4.31. The zero-order valence-corrected chi connectivity index (χ0v) is 11.1. The minimum absolute atomic E-state index is 0.0548. The molecule has 0 aliphatic carbocycles. The van der Waals surface area contributed by atoms with Gasteiger partial charge in [0.25, 0.3) is 0 Å². The van der Waals surface area contributed by atoms with Gasteiger partial charge in [-0.2, -0.15) is 5.26 Å². The molecule has 1 aliphatic heterocycles. The maximum absolute atomic E-state index is 11.6. The molecule has 0 atom stereocenters. The van der Waals surface area contributed by atoms with Crippen molar-refractivity contribution in [3.63, 3.8) is 0 Å². The zero-order chi connectivity index (χ0) is 14.4. The van der Waals surface area contributed by atoms with Crippen LogP contribution in [0.4, 0.5) is 0 Å². The first kappa shape index (κ1) is 11.9. The number of hydrogen-bond acceptors (Lipinski definition) is 4. The monoisotopic (exact) mass is 280 g/mol. The highest BCUT2D eigenvalue weighted by molar-refractivity contribution is 6.00. The standard InChI is InChI=1S/C14H12N6O/c15-3-1-11(21)20-6-8(7-20)13-18-10-5-17-14-9(2-4-16-14)12(10)19-13/h2,4-5,8H,1,6-7H2,(H,16,17)(H,18,19). The highest BCUT2D eigenvalue weighted by Gasteiger charge is 2.33. The Balaban J connectivity index is 1.61. The van der Waals surface area contributed by atoms with Gasteiger partial charge in [-0.3, -0.25) is 4.79 Å². The van der Waals surface area contributed by atoms with Crippen LogP contribution in [-0.2, 0) is 4.79 Å². The second-order valence-electron chi connectivity index (χ2n) is 5.21. The van der Waals surface area contributed by atoms with E-state index in [2.05, 4.69) is 19.9 Å². The number of imidazole rings is 1. The Morgan fingerprint density at radius 1 is 1.52 bits per heavy atom. The molecule has 3 aromatic rings. The molecule has 7 heteroatoms. The van der Waals surface area contributed by atoms with Crippen molar-refractivity contribution >= 4 is 28.0 Å². The van der Waals surface area contributed by atoms with Crippen molar-refractivity contribution in [1.29, 1.82) is 5.26 Å². The lowest BCUT2D eigenvalue weighted by atomic mass is 9.99. The number of aromatic nitrogens is 4. The molecule has 1 saturated heterocycles. The fourth-order valence-electron chi connectivity index (χ4n) is 2.72. The quantitative estimate of drug-likeness (QED) is 0.738. The van der Waals surface area contributed by atoms with Gasteiger partial charge in [-0.05, 0) is 6.07 Å². The van der Waals surface area contributed by atoms with E-state index in [4.69, 9.17) is 5.26 Å². The summed E-state index contributed by atoms with van der Waals surface area (Å²) in [5, 5.41) is 9.53. The first-order valence-corrected chi connectivity index (χ1v) is 6.72. The van der Waals surface area contributed by atoms with Gasteiger partial charge in [0.15, 0.2) is 0 Å². The molecule has 0 saturated carbocycles. The van der Waals surface area contributed by atoms with E-state index in [-0.39, 0.29) is 18.2 Å². The molecule has 1 amide bonds. The van der Waals surface area contributed by atoms with Gasteiger partial charge in [0.2, 0.25) is 5.91 Å². The molecule has 4 heterocycles. The van der Waals surface area contributed by atoms with Crippen LogP contribution in [0.3, 0.4) is 0 Å². The zero-order valence-electron chi connectivity index (χ0n) is 11.1. The largest absolute Gasteiger partial charge is 0.346 e. The second-order valence-corrected chi connectivity index (χ2v) is 5.21. The average molecular weight is 280 g/mol. The molecule has 1 aliphatic rings. The fraction of sp³-hybridized carbons (Fsp3) is 0.286. The predicted octanol–water partition coefficient (Wildman–Crippen LogP) is 1.28. The molecule has 4 rings (SSSR count).